The molecule has 0 fully saturated rings. The molecule has 0 spiro atoms. The first-order valence-electron chi connectivity index (χ1n) is 4.39. The Bertz CT molecular complexity index is 245. The number of rotatable bonds is 2. The summed E-state index contributed by atoms with van der Waals surface area (Å²) in [5, 5.41) is 8.51. The van der Waals surface area contributed by atoms with E-state index in [1.165, 1.54) is 6.08 Å². The van der Waals surface area contributed by atoms with E-state index in [9.17, 15) is 18.0 Å². The second-order valence-electron chi connectivity index (χ2n) is 3.38. The number of allylic oxidation sites excluding steroid dienone is 2. The molecular weight excluding hydrogens is 197 g/mol. The van der Waals surface area contributed by atoms with E-state index in [1.54, 1.807) is 6.08 Å². The van der Waals surface area contributed by atoms with Crippen LogP contribution in [0.5, 0.6) is 0 Å². The number of hydrogen-bond acceptors (Lipinski definition) is 1. The van der Waals surface area contributed by atoms with Crippen molar-refractivity contribution in [2.24, 2.45) is 11.8 Å². The maximum Gasteiger partial charge on any atom is 0.402 e. The number of aliphatic carboxylic acids is 1. The second kappa shape index (κ2) is 4.02. The average molecular weight is 208 g/mol. The summed E-state index contributed by atoms with van der Waals surface area (Å²) in [7, 11) is 0. The van der Waals surface area contributed by atoms with E-state index in [2.05, 4.69) is 0 Å². The SMILES string of the molecule is O=C(O)C(C1C=CCCC1)C(F)(F)F. The monoisotopic (exact) mass is 208 g/mol. The Morgan fingerprint density at radius 1 is 1.50 bits per heavy atom. The van der Waals surface area contributed by atoms with Gasteiger partial charge < -0.3 is 5.11 Å². The number of carboxylic acids is 1. The Morgan fingerprint density at radius 3 is 2.50 bits per heavy atom. The molecule has 2 unspecified atom stereocenters. The third kappa shape index (κ3) is 2.49. The van der Waals surface area contributed by atoms with Crippen LogP contribution in [0.25, 0.3) is 0 Å². The van der Waals surface area contributed by atoms with Gasteiger partial charge in [-0.05, 0) is 25.2 Å². The Balaban J connectivity index is 2.82. The smallest absolute Gasteiger partial charge is 0.402 e. The van der Waals surface area contributed by atoms with Crippen LogP contribution in [0, 0.1) is 11.8 Å². The molecule has 0 aromatic rings. The first-order valence-corrected chi connectivity index (χ1v) is 4.39. The lowest BCUT2D eigenvalue weighted by atomic mass is 9.84. The maximum absolute atomic E-state index is 12.3. The van der Waals surface area contributed by atoms with Gasteiger partial charge in [-0.3, -0.25) is 4.79 Å². The molecule has 0 radical (unpaired) electrons. The standard InChI is InChI=1S/C9H11F3O2/c10-9(11,12)7(8(13)14)6-4-2-1-3-5-6/h2,4,6-7H,1,3,5H2,(H,13,14). The third-order valence-corrected chi connectivity index (χ3v) is 2.34. The minimum atomic E-state index is -4.65. The summed E-state index contributed by atoms with van der Waals surface area (Å²) in [4.78, 5) is 10.5. The van der Waals surface area contributed by atoms with Crippen LogP contribution in [-0.4, -0.2) is 17.3 Å². The molecule has 1 aliphatic carbocycles. The van der Waals surface area contributed by atoms with Gasteiger partial charge in [-0.1, -0.05) is 12.2 Å². The van der Waals surface area contributed by atoms with E-state index in [1.807, 2.05) is 0 Å². The van der Waals surface area contributed by atoms with Gasteiger partial charge in [0.25, 0.3) is 0 Å². The molecular formula is C9H11F3O2. The van der Waals surface area contributed by atoms with Gasteiger partial charge >= 0.3 is 12.1 Å². The first-order chi connectivity index (χ1) is 6.43. The van der Waals surface area contributed by atoms with Gasteiger partial charge in [0.15, 0.2) is 5.92 Å². The van der Waals surface area contributed by atoms with Crippen LogP contribution in [0.3, 0.4) is 0 Å². The van der Waals surface area contributed by atoms with Crippen LogP contribution in [-0.2, 0) is 4.79 Å². The molecule has 0 aliphatic heterocycles. The summed E-state index contributed by atoms with van der Waals surface area (Å²) in [6.45, 7) is 0. The third-order valence-electron chi connectivity index (χ3n) is 2.34. The Kier molecular flexibility index (Phi) is 3.18. The summed E-state index contributed by atoms with van der Waals surface area (Å²) in [5.41, 5.74) is 0. The van der Waals surface area contributed by atoms with Crippen molar-refractivity contribution in [1.82, 2.24) is 0 Å². The Morgan fingerprint density at radius 2 is 2.14 bits per heavy atom. The topological polar surface area (TPSA) is 37.3 Å². The van der Waals surface area contributed by atoms with Gasteiger partial charge in [-0.25, -0.2) is 0 Å². The van der Waals surface area contributed by atoms with Crippen molar-refractivity contribution in [3.63, 3.8) is 0 Å². The van der Waals surface area contributed by atoms with Crippen molar-refractivity contribution in [1.29, 1.82) is 0 Å². The molecule has 0 bridgehead atoms. The van der Waals surface area contributed by atoms with Crippen molar-refractivity contribution in [3.8, 4) is 0 Å². The van der Waals surface area contributed by atoms with Gasteiger partial charge in [0, 0.05) is 0 Å². The van der Waals surface area contributed by atoms with Crippen molar-refractivity contribution < 1.29 is 23.1 Å². The quantitative estimate of drug-likeness (QED) is 0.708. The Labute approximate surface area is 79.4 Å². The zero-order valence-electron chi connectivity index (χ0n) is 7.42. The summed E-state index contributed by atoms with van der Waals surface area (Å²) < 4.78 is 37.0. The normalized spacial score (nSPS) is 24.6. The van der Waals surface area contributed by atoms with E-state index in [0.29, 0.717) is 12.8 Å². The van der Waals surface area contributed by atoms with Gasteiger partial charge in [-0.15, -0.1) is 0 Å². The Hall–Kier alpha value is -1.00. The highest BCUT2D eigenvalue weighted by Gasteiger charge is 2.49. The zero-order valence-corrected chi connectivity index (χ0v) is 7.42. The lowest BCUT2D eigenvalue weighted by Crippen LogP contribution is -2.36. The number of halogens is 3. The van der Waals surface area contributed by atoms with Crippen LogP contribution >= 0.6 is 0 Å². The fraction of sp³-hybridized carbons (Fsp3) is 0.667. The van der Waals surface area contributed by atoms with E-state index in [4.69, 9.17) is 5.11 Å². The molecule has 1 N–H and O–H groups in total. The summed E-state index contributed by atoms with van der Waals surface area (Å²) in [6.07, 6.45) is -0.00149. The molecule has 0 saturated heterocycles. The van der Waals surface area contributed by atoms with Crippen LogP contribution in [0.4, 0.5) is 13.2 Å². The van der Waals surface area contributed by atoms with Gasteiger partial charge in [0.05, 0.1) is 0 Å². The number of alkyl halides is 3. The molecule has 5 heteroatoms. The van der Waals surface area contributed by atoms with E-state index in [0.717, 1.165) is 6.42 Å². The largest absolute Gasteiger partial charge is 0.481 e. The number of hydrogen-bond donors (Lipinski definition) is 1. The van der Waals surface area contributed by atoms with Crippen molar-refractivity contribution in [2.75, 3.05) is 0 Å². The van der Waals surface area contributed by atoms with Crippen LogP contribution < -0.4 is 0 Å². The summed E-state index contributed by atoms with van der Waals surface area (Å²) >= 11 is 0. The molecule has 1 aliphatic rings. The van der Waals surface area contributed by atoms with Crippen molar-refractivity contribution in [2.45, 2.75) is 25.4 Å². The van der Waals surface area contributed by atoms with Crippen molar-refractivity contribution >= 4 is 5.97 Å². The van der Waals surface area contributed by atoms with Gasteiger partial charge in [0.1, 0.15) is 0 Å². The first kappa shape index (κ1) is 11.1. The van der Waals surface area contributed by atoms with E-state index < -0.39 is 24.0 Å². The number of carboxylic acid groups (broad SMARTS) is 1. The van der Waals surface area contributed by atoms with Gasteiger partial charge in [-0.2, -0.15) is 13.2 Å². The van der Waals surface area contributed by atoms with E-state index in [-0.39, 0.29) is 0 Å². The lowest BCUT2D eigenvalue weighted by molar-refractivity contribution is -0.201. The molecule has 14 heavy (non-hydrogen) atoms. The van der Waals surface area contributed by atoms with Crippen LogP contribution in [0.2, 0.25) is 0 Å². The molecule has 2 nitrogen and oxygen atoms in total. The zero-order chi connectivity index (χ0) is 10.8. The average Bonchev–Trinajstić information content (AvgIpc) is 2.02. The van der Waals surface area contributed by atoms with Crippen molar-refractivity contribution in [3.05, 3.63) is 12.2 Å². The predicted molar refractivity (Wildman–Crippen MR) is 43.7 cm³/mol. The fourth-order valence-electron chi connectivity index (χ4n) is 1.68. The molecule has 0 amide bonds. The fourth-order valence-corrected chi connectivity index (χ4v) is 1.68. The molecule has 0 heterocycles. The predicted octanol–water partition coefficient (Wildman–Crippen LogP) is 2.61. The summed E-state index contributed by atoms with van der Waals surface area (Å²) in [5.74, 6) is -4.94. The molecule has 0 saturated carbocycles. The molecule has 0 aromatic heterocycles. The molecule has 0 aromatic carbocycles. The highest BCUT2D eigenvalue weighted by Crippen LogP contribution is 2.37. The summed E-state index contributed by atoms with van der Waals surface area (Å²) in [6, 6.07) is 0. The van der Waals surface area contributed by atoms with Gasteiger partial charge in [0.2, 0.25) is 0 Å². The molecule has 80 valence electrons. The minimum Gasteiger partial charge on any atom is -0.481 e. The van der Waals surface area contributed by atoms with Crippen LogP contribution in [0.15, 0.2) is 12.2 Å². The molecule has 1 rings (SSSR count). The highest BCUT2D eigenvalue weighted by atomic mass is 19.4. The minimum absolute atomic E-state index is 0.299. The van der Waals surface area contributed by atoms with E-state index >= 15 is 0 Å². The second-order valence-corrected chi connectivity index (χ2v) is 3.38. The lowest BCUT2D eigenvalue weighted by Gasteiger charge is -2.25. The van der Waals surface area contributed by atoms with Crippen LogP contribution in [0.1, 0.15) is 19.3 Å². The maximum atomic E-state index is 12.3. The number of carbonyl (C=O) groups is 1. The highest BCUT2D eigenvalue weighted by molar-refractivity contribution is 5.71. The molecule has 2 atom stereocenters.